The number of halogens is 1. The van der Waals surface area contributed by atoms with Crippen molar-refractivity contribution >= 4 is 5.91 Å². The third kappa shape index (κ3) is 3.19. The first kappa shape index (κ1) is 16.3. The molecule has 2 unspecified atom stereocenters. The molecular weight excluding hydrogens is 315 g/mol. The molecule has 4 rings (SSSR count). The monoisotopic (exact) mass is 338 g/mol. The predicted molar refractivity (Wildman–Crippen MR) is 95.5 cm³/mol. The molecule has 0 saturated carbocycles. The van der Waals surface area contributed by atoms with Crippen molar-refractivity contribution in [2.75, 3.05) is 0 Å². The molecule has 25 heavy (non-hydrogen) atoms. The number of fused-ring (bicyclic) bond motifs is 2. The number of amides is 1. The molecule has 1 amide bonds. The first-order valence-corrected chi connectivity index (χ1v) is 9.05. The summed E-state index contributed by atoms with van der Waals surface area (Å²) in [4.78, 5) is 15.2. The van der Waals surface area contributed by atoms with E-state index in [-0.39, 0.29) is 17.4 Å². The van der Waals surface area contributed by atoms with E-state index in [4.69, 9.17) is 0 Å². The molecule has 2 saturated heterocycles. The van der Waals surface area contributed by atoms with Crippen LogP contribution in [0.15, 0.2) is 54.6 Å². The first-order chi connectivity index (χ1) is 12.2. The lowest BCUT2D eigenvalue weighted by Crippen LogP contribution is -2.60. The molecule has 2 fully saturated rings. The van der Waals surface area contributed by atoms with Crippen molar-refractivity contribution in [3.05, 3.63) is 71.5 Å². The minimum Gasteiger partial charge on any atom is -0.334 e. The lowest BCUT2D eigenvalue weighted by atomic mass is 9.95. The Morgan fingerprint density at radius 2 is 1.84 bits per heavy atom. The normalized spacial score (nSPS) is 25.7. The minimum absolute atomic E-state index is 0.00717. The summed E-state index contributed by atoms with van der Waals surface area (Å²) in [7, 11) is 0. The van der Waals surface area contributed by atoms with Gasteiger partial charge in [0.15, 0.2) is 0 Å². The van der Waals surface area contributed by atoms with E-state index >= 15 is 0 Å². The van der Waals surface area contributed by atoms with Gasteiger partial charge >= 0.3 is 0 Å². The number of carbonyl (C=O) groups excluding carboxylic acids is 1. The van der Waals surface area contributed by atoms with Gasteiger partial charge in [0, 0.05) is 18.2 Å². The summed E-state index contributed by atoms with van der Waals surface area (Å²) in [6.07, 6.45) is 5.38. The van der Waals surface area contributed by atoms with Crippen LogP contribution < -0.4 is 5.32 Å². The Hall–Kier alpha value is -2.20. The van der Waals surface area contributed by atoms with Gasteiger partial charge in [-0.25, -0.2) is 4.39 Å². The van der Waals surface area contributed by atoms with Gasteiger partial charge in [-0.15, -0.1) is 0 Å². The Morgan fingerprint density at radius 1 is 1.08 bits per heavy atom. The average molecular weight is 338 g/mol. The van der Waals surface area contributed by atoms with Crippen molar-refractivity contribution < 1.29 is 9.18 Å². The van der Waals surface area contributed by atoms with Crippen LogP contribution >= 0.6 is 0 Å². The highest BCUT2D eigenvalue weighted by molar-refractivity contribution is 5.94. The van der Waals surface area contributed by atoms with E-state index in [1.165, 1.54) is 18.6 Å². The van der Waals surface area contributed by atoms with Crippen molar-refractivity contribution in [3.8, 4) is 0 Å². The molecule has 4 heteroatoms. The molecule has 2 bridgehead atoms. The van der Waals surface area contributed by atoms with Crippen molar-refractivity contribution in [3.63, 3.8) is 0 Å². The Bertz CT molecular complexity index is 742. The molecule has 2 atom stereocenters. The molecule has 2 aromatic rings. The summed E-state index contributed by atoms with van der Waals surface area (Å²) in [5, 5.41) is 3.33. The largest absolute Gasteiger partial charge is 0.334 e. The van der Waals surface area contributed by atoms with Gasteiger partial charge in [0.25, 0.3) is 5.91 Å². The third-order valence-corrected chi connectivity index (χ3v) is 5.66. The van der Waals surface area contributed by atoms with Crippen LogP contribution in [0.5, 0.6) is 0 Å². The van der Waals surface area contributed by atoms with Crippen LogP contribution in [-0.4, -0.2) is 22.5 Å². The zero-order chi connectivity index (χ0) is 17.3. The van der Waals surface area contributed by atoms with Gasteiger partial charge in [0.2, 0.25) is 0 Å². The summed E-state index contributed by atoms with van der Waals surface area (Å²) in [6, 6.07) is 16.6. The molecule has 130 valence electrons. The molecule has 2 aromatic carbocycles. The summed E-state index contributed by atoms with van der Waals surface area (Å²) >= 11 is 0. The van der Waals surface area contributed by atoms with E-state index in [9.17, 15) is 9.18 Å². The average Bonchev–Trinajstić information content (AvgIpc) is 2.82. The maximum atomic E-state index is 13.2. The molecule has 0 spiro atoms. The number of carbonyl (C=O) groups is 1. The summed E-state index contributed by atoms with van der Waals surface area (Å²) in [5.74, 6) is -0.218. The number of nitrogens with one attached hydrogen (secondary N) is 1. The van der Waals surface area contributed by atoms with Gasteiger partial charge in [-0.1, -0.05) is 30.3 Å². The minimum atomic E-state index is -0.274. The van der Waals surface area contributed by atoms with E-state index in [0.29, 0.717) is 11.6 Å². The van der Waals surface area contributed by atoms with Gasteiger partial charge in [-0.05, 0) is 61.9 Å². The number of rotatable bonds is 4. The van der Waals surface area contributed by atoms with Gasteiger partial charge in [-0.2, -0.15) is 0 Å². The number of benzene rings is 2. The van der Waals surface area contributed by atoms with E-state index in [0.717, 1.165) is 37.8 Å². The van der Waals surface area contributed by atoms with Gasteiger partial charge in [-0.3, -0.25) is 9.69 Å². The zero-order valence-electron chi connectivity index (χ0n) is 14.2. The third-order valence-electron chi connectivity index (χ3n) is 5.66. The topological polar surface area (TPSA) is 32.3 Å². The molecule has 1 N–H and O–H groups in total. The standard InChI is InChI=1S/C21H23FN2O/c22-18-10-8-16(9-11-18)15-24-19-7-4-13-21(24,14-12-19)23-20(25)17-5-2-1-3-6-17/h1-3,5-6,8-11,19H,4,7,12-15H2,(H,23,25). The van der Waals surface area contributed by atoms with E-state index in [1.54, 1.807) is 0 Å². The smallest absolute Gasteiger partial charge is 0.252 e. The fourth-order valence-electron chi connectivity index (χ4n) is 4.39. The summed E-state index contributed by atoms with van der Waals surface area (Å²) in [5.41, 5.74) is 1.52. The van der Waals surface area contributed by atoms with Crippen molar-refractivity contribution in [2.45, 2.75) is 50.4 Å². The quantitative estimate of drug-likeness (QED) is 0.910. The summed E-state index contributed by atoms with van der Waals surface area (Å²) in [6.45, 7) is 0.750. The van der Waals surface area contributed by atoms with E-state index < -0.39 is 0 Å². The highest BCUT2D eigenvalue weighted by Gasteiger charge is 2.49. The first-order valence-electron chi connectivity index (χ1n) is 9.05. The number of piperidine rings is 1. The van der Waals surface area contributed by atoms with Gasteiger partial charge in [0.05, 0.1) is 5.66 Å². The highest BCUT2D eigenvalue weighted by atomic mass is 19.1. The molecule has 0 aromatic heterocycles. The lowest BCUT2D eigenvalue weighted by molar-refractivity contribution is 0.0185. The van der Waals surface area contributed by atoms with Gasteiger partial charge in [0.1, 0.15) is 5.82 Å². The highest BCUT2D eigenvalue weighted by Crippen LogP contribution is 2.43. The maximum Gasteiger partial charge on any atom is 0.252 e. The number of hydrogen-bond donors (Lipinski definition) is 1. The van der Waals surface area contributed by atoms with Crippen LogP contribution in [0.3, 0.4) is 0 Å². The molecule has 3 nitrogen and oxygen atoms in total. The molecule has 2 aliphatic rings. The Balaban J connectivity index is 1.56. The Kier molecular flexibility index (Phi) is 4.30. The van der Waals surface area contributed by atoms with Crippen molar-refractivity contribution in [1.29, 1.82) is 0 Å². The van der Waals surface area contributed by atoms with Crippen LogP contribution in [0.2, 0.25) is 0 Å². The Morgan fingerprint density at radius 3 is 2.60 bits per heavy atom. The fourth-order valence-corrected chi connectivity index (χ4v) is 4.39. The summed E-state index contributed by atoms with van der Waals surface area (Å²) < 4.78 is 13.2. The second-order valence-corrected chi connectivity index (χ2v) is 7.19. The van der Waals surface area contributed by atoms with Crippen LogP contribution in [-0.2, 0) is 6.54 Å². The second-order valence-electron chi connectivity index (χ2n) is 7.19. The van der Waals surface area contributed by atoms with Crippen LogP contribution in [0.25, 0.3) is 0 Å². The second kappa shape index (κ2) is 6.60. The fraction of sp³-hybridized carbons (Fsp3) is 0.381. The molecule has 0 radical (unpaired) electrons. The van der Waals surface area contributed by atoms with E-state index in [2.05, 4.69) is 10.2 Å². The Labute approximate surface area is 147 Å². The van der Waals surface area contributed by atoms with Gasteiger partial charge < -0.3 is 5.32 Å². The van der Waals surface area contributed by atoms with E-state index in [1.807, 2.05) is 42.5 Å². The predicted octanol–water partition coefficient (Wildman–Crippen LogP) is 4.10. The van der Waals surface area contributed by atoms with Crippen LogP contribution in [0.4, 0.5) is 4.39 Å². The van der Waals surface area contributed by atoms with Crippen LogP contribution in [0.1, 0.15) is 48.0 Å². The van der Waals surface area contributed by atoms with Crippen LogP contribution in [0, 0.1) is 5.82 Å². The molecule has 2 heterocycles. The SMILES string of the molecule is O=C(NC12CCCC(CC1)N2Cc1ccc(F)cc1)c1ccccc1. The maximum absolute atomic E-state index is 13.2. The van der Waals surface area contributed by atoms with Crippen molar-refractivity contribution in [2.24, 2.45) is 0 Å². The molecule has 0 aliphatic carbocycles. The zero-order valence-corrected chi connectivity index (χ0v) is 14.2. The lowest BCUT2D eigenvalue weighted by Gasteiger charge is -2.45. The van der Waals surface area contributed by atoms with Crippen molar-refractivity contribution in [1.82, 2.24) is 10.2 Å². The number of nitrogens with zero attached hydrogens (tertiary/aromatic N) is 1. The number of hydrogen-bond acceptors (Lipinski definition) is 2. The molecule has 2 aliphatic heterocycles. The molecular formula is C21H23FN2O.